The lowest BCUT2D eigenvalue weighted by atomic mass is 9.81. The van der Waals surface area contributed by atoms with E-state index < -0.39 is 15.4 Å². The van der Waals surface area contributed by atoms with Gasteiger partial charge in [0.1, 0.15) is 0 Å². The molecule has 29 heavy (non-hydrogen) atoms. The number of hydrogen-bond donors (Lipinski definition) is 2. The second-order valence-electron chi connectivity index (χ2n) is 7.22. The van der Waals surface area contributed by atoms with Gasteiger partial charge in [-0.3, -0.25) is 9.59 Å². The van der Waals surface area contributed by atoms with Crippen LogP contribution in [0, 0.1) is 0 Å². The van der Waals surface area contributed by atoms with Crippen molar-refractivity contribution in [2.24, 2.45) is 0 Å². The number of amides is 2. The van der Waals surface area contributed by atoms with E-state index in [1.807, 2.05) is 24.3 Å². The Hall–Kier alpha value is -2.97. The summed E-state index contributed by atoms with van der Waals surface area (Å²) in [6.45, 7) is 4.37. The monoisotopic (exact) mass is 411 g/mol. The summed E-state index contributed by atoms with van der Waals surface area (Å²) in [5, 5.41) is 2.91. The fourth-order valence-corrected chi connectivity index (χ4v) is 4.97. The molecule has 2 N–H and O–H groups in total. The molecule has 1 spiro atoms. The molecule has 2 aromatic carbocycles. The molecule has 8 heteroatoms. The van der Waals surface area contributed by atoms with Gasteiger partial charge in [0.05, 0.1) is 10.3 Å². The quantitative estimate of drug-likeness (QED) is 0.735. The number of rotatable bonds is 5. The zero-order chi connectivity index (χ0) is 20.6. The molecule has 7 nitrogen and oxygen atoms in total. The Morgan fingerprint density at radius 3 is 2.66 bits per heavy atom. The van der Waals surface area contributed by atoms with Crippen molar-refractivity contribution < 1.29 is 18.0 Å². The van der Waals surface area contributed by atoms with Gasteiger partial charge in [0.2, 0.25) is 15.9 Å². The highest BCUT2D eigenvalue weighted by Crippen LogP contribution is 2.44. The van der Waals surface area contributed by atoms with Crippen molar-refractivity contribution in [3.8, 4) is 0 Å². The number of nitrogens with zero attached hydrogens (tertiary/aromatic N) is 1. The Bertz CT molecular complexity index is 1100. The highest BCUT2D eigenvalue weighted by atomic mass is 32.2. The molecule has 0 radical (unpaired) electrons. The van der Waals surface area contributed by atoms with Crippen LogP contribution in [0.15, 0.2) is 66.1 Å². The molecule has 0 saturated carbocycles. The first kappa shape index (κ1) is 19.4. The normalized spacial score (nSPS) is 20.6. The minimum atomic E-state index is -3.64. The maximum absolute atomic E-state index is 13.0. The Morgan fingerprint density at radius 2 is 1.93 bits per heavy atom. The van der Waals surface area contributed by atoms with Gasteiger partial charge < -0.3 is 10.2 Å². The Balaban J connectivity index is 1.53. The van der Waals surface area contributed by atoms with E-state index in [0.717, 1.165) is 11.3 Å². The summed E-state index contributed by atoms with van der Waals surface area (Å²) in [6, 6.07) is 13.4. The van der Waals surface area contributed by atoms with Crippen molar-refractivity contribution >= 4 is 27.5 Å². The molecule has 2 aromatic rings. The first-order chi connectivity index (χ1) is 13.9. The van der Waals surface area contributed by atoms with Gasteiger partial charge in [-0.25, -0.2) is 13.1 Å². The molecular formula is C21H21N3O4S. The lowest BCUT2D eigenvalue weighted by Crippen LogP contribution is -2.39. The molecule has 0 aliphatic carbocycles. The number of anilines is 1. The number of carbonyl (C=O) groups excluding carboxylic acids is 2. The van der Waals surface area contributed by atoms with E-state index in [4.69, 9.17) is 0 Å². The smallest absolute Gasteiger partial charge is 0.253 e. The third-order valence-corrected chi connectivity index (χ3v) is 6.95. The van der Waals surface area contributed by atoms with E-state index in [2.05, 4.69) is 16.6 Å². The van der Waals surface area contributed by atoms with Gasteiger partial charge in [0, 0.05) is 30.9 Å². The van der Waals surface area contributed by atoms with Crippen molar-refractivity contribution in [3.63, 3.8) is 0 Å². The third-order valence-electron chi connectivity index (χ3n) is 5.51. The zero-order valence-electron chi connectivity index (χ0n) is 15.7. The second-order valence-corrected chi connectivity index (χ2v) is 8.99. The number of hydrogen-bond acceptors (Lipinski definition) is 4. The number of sulfonamides is 1. The van der Waals surface area contributed by atoms with E-state index in [9.17, 15) is 18.0 Å². The lowest BCUT2D eigenvalue weighted by Gasteiger charge is -2.22. The summed E-state index contributed by atoms with van der Waals surface area (Å²) in [5.41, 5.74) is 1.39. The molecule has 0 aromatic heterocycles. The van der Waals surface area contributed by atoms with Crippen LogP contribution < -0.4 is 10.0 Å². The van der Waals surface area contributed by atoms with Crippen LogP contribution in [0.5, 0.6) is 0 Å². The number of benzene rings is 2. The predicted molar refractivity (Wildman–Crippen MR) is 109 cm³/mol. The van der Waals surface area contributed by atoms with Gasteiger partial charge in [-0.1, -0.05) is 24.3 Å². The van der Waals surface area contributed by atoms with Gasteiger partial charge in [-0.05, 0) is 42.3 Å². The maximum Gasteiger partial charge on any atom is 0.253 e. The molecule has 1 fully saturated rings. The minimum Gasteiger partial charge on any atom is -0.337 e. The van der Waals surface area contributed by atoms with E-state index in [0.29, 0.717) is 25.1 Å². The number of para-hydroxylation sites is 1. The summed E-state index contributed by atoms with van der Waals surface area (Å²) in [7, 11) is -3.64. The van der Waals surface area contributed by atoms with Crippen molar-refractivity contribution in [1.82, 2.24) is 9.62 Å². The Morgan fingerprint density at radius 1 is 1.21 bits per heavy atom. The van der Waals surface area contributed by atoms with Crippen LogP contribution in [-0.2, 0) is 20.2 Å². The summed E-state index contributed by atoms with van der Waals surface area (Å²) < 4.78 is 26.7. The lowest BCUT2D eigenvalue weighted by molar-refractivity contribution is -0.120. The molecule has 1 unspecified atom stereocenters. The van der Waals surface area contributed by atoms with Gasteiger partial charge in [-0.2, -0.15) is 0 Å². The van der Waals surface area contributed by atoms with Crippen LogP contribution in [0.25, 0.3) is 0 Å². The van der Waals surface area contributed by atoms with Gasteiger partial charge >= 0.3 is 0 Å². The van der Waals surface area contributed by atoms with E-state index in [-0.39, 0.29) is 23.3 Å². The maximum atomic E-state index is 13.0. The second kappa shape index (κ2) is 7.13. The average Bonchev–Trinajstić information content (AvgIpc) is 3.29. The standard InChI is InChI=1S/C21H21N3O4S/c1-2-12-22-29(27,28)16-9-7-15(8-10-16)19(25)24-13-11-21(14-24)17-5-3-4-6-18(17)23-20(21)26/h2-10,22H,1,11-14H2,(H,23,26). The minimum absolute atomic E-state index is 0.0799. The number of carbonyl (C=O) groups is 2. The molecule has 2 heterocycles. The van der Waals surface area contributed by atoms with Crippen LogP contribution in [0.3, 0.4) is 0 Å². The summed E-state index contributed by atoms with van der Waals surface area (Å²) in [4.78, 5) is 27.4. The highest BCUT2D eigenvalue weighted by Gasteiger charge is 2.51. The van der Waals surface area contributed by atoms with Gasteiger partial charge in [0.15, 0.2) is 0 Å². The SMILES string of the molecule is C=CCNS(=O)(=O)c1ccc(C(=O)N2CCC3(C2)C(=O)Nc2ccccc23)cc1. The van der Waals surface area contributed by atoms with E-state index in [1.165, 1.54) is 30.3 Å². The zero-order valence-corrected chi connectivity index (χ0v) is 16.5. The van der Waals surface area contributed by atoms with Crippen LogP contribution in [0.2, 0.25) is 0 Å². The van der Waals surface area contributed by atoms with Crippen molar-refractivity contribution in [2.75, 3.05) is 25.0 Å². The van der Waals surface area contributed by atoms with Gasteiger partial charge in [0.25, 0.3) is 5.91 Å². The molecule has 2 aliphatic heterocycles. The summed E-state index contributed by atoms with van der Waals surface area (Å²) in [5.74, 6) is -0.300. The predicted octanol–water partition coefficient (Wildman–Crippen LogP) is 1.89. The molecule has 0 bridgehead atoms. The molecule has 2 aliphatic rings. The van der Waals surface area contributed by atoms with Crippen LogP contribution >= 0.6 is 0 Å². The molecular weight excluding hydrogens is 390 g/mol. The summed E-state index contributed by atoms with van der Waals surface area (Å²) in [6.07, 6.45) is 2.01. The fourth-order valence-electron chi connectivity index (χ4n) is 3.97. The molecule has 2 amide bonds. The van der Waals surface area contributed by atoms with Crippen LogP contribution in [0.4, 0.5) is 5.69 Å². The molecule has 150 valence electrons. The average molecular weight is 411 g/mol. The van der Waals surface area contributed by atoms with E-state index >= 15 is 0 Å². The fraction of sp³-hybridized carbons (Fsp3) is 0.238. The highest BCUT2D eigenvalue weighted by molar-refractivity contribution is 7.89. The van der Waals surface area contributed by atoms with Crippen molar-refractivity contribution in [1.29, 1.82) is 0 Å². The number of fused-ring (bicyclic) bond motifs is 2. The van der Waals surface area contributed by atoms with Crippen molar-refractivity contribution in [3.05, 3.63) is 72.3 Å². The molecule has 1 saturated heterocycles. The first-order valence-electron chi connectivity index (χ1n) is 9.28. The largest absolute Gasteiger partial charge is 0.337 e. The molecule has 4 rings (SSSR count). The number of nitrogens with one attached hydrogen (secondary N) is 2. The summed E-state index contributed by atoms with van der Waals surface area (Å²) >= 11 is 0. The van der Waals surface area contributed by atoms with Crippen LogP contribution in [-0.4, -0.2) is 44.8 Å². The molecule has 1 atom stereocenters. The van der Waals surface area contributed by atoms with Gasteiger partial charge in [-0.15, -0.1) is 6.58 Å². The third kappa shape index (κ3) is 3.24. The number of likely N-dealkylation sites (tertiary alicyclic amines) is 1. The Kier molecular flexibility index (Phi) is 4.76. The van der Waals surface area contributed by atoms with E-state index in [1.54, 1.807) is 4.90 Å². The van der Waals surface area contributed by atoms with Crippen LogP contribution in [0.1, 0.15) is 22.3 Å². The Labute approximate surface area is 169 Å². The first-order valence-corrected chi connectivity index (χ1v) is 10.8. The topological polar surface area (TPSA) is 95.6 Å². The van der Waals surface area contributed by atoms with Crippen molar-refractivity contribution in [2.45, 2.75) is 16.7 Å².